The summed E-state index contributed by atoms with van der Waals surface area (Å²) >= 11 is 0. The fourth-order valence-electron chi connectivity index (χ4n) is 5.53. The largest absolute Gasteiger partial charge is 0.396 e. The van der Waals surface area contributed by atoms with Gasteiger partial charge in [0.1, 0.15) is 11.6 Å². The van der Waals surface area contributed by atoms with Crippen molar-refractivity contribution in [3.8, 4) is 5.82 Å². The summed E-state index contributed by atoms with van der Waals surface area (Å²) in [4.78, 5) is 18.2. The van der Waals surface area contributed by atoms with Gasteiger partial charge in [-0.05, 0) is 56.8 Å². The van der Waals surface area contributed by atoms with Crippen molar-refractivity contribution in [1.82, 2.24) is 24.4 Å². The number of morpholine rings is 1. The Hall–Kier alpha value is -2.89. The van der Waals surface area contributed by atoms with Crippen LogP contribution in [0.5, 0.6) is 0 Å². The lowest BCUT2D eigenvalue weighted by Gasteiger charge is -2.37. The van der Waals surface area contributed by atoms with Crippen molar-refractivity contribution in [2.45, 2.75) is 45.1 Å². The maximum Gasteiger partial charge on any atom is 0.296 e. The summed E-state index contributed by atoms with van der Waals surface area (Å²) in [7, 11) is 0. The zero-order chi connectivity index (χ0) is 26.5. The molecule has 206 valence electrons. The van der Waals surface area contributed by atoms with E-state index in [1.165, 1.54) is 4.57 Å². The number of imidazole rings is 1. The number of fused-ring (bicyclic) bond motifs is 1. The summed E-state index contributed by atoms with van der Waals surface area (Å²) in [6.45, 7) is 7.59. The van der Waals surface area contributed by atoms with Gasteiger partial charge in [0.05, 0.1) is 24.2 Å². The lowest BCUT2D eigenvalue weighted by atomic mass is 9.94. The number of aliphatic hydroxyl groups is 1. The molecule has 2 aliphatic heterocycles. The van der Waals surface area contributed by atoms with Crippen molar-refractivity contribution in [2.24, 2.45) is 5.92 Å². The number of hydrogen-bond acceptors (Lipinski definition) is 8. The number of piperidine rings is 1. The molecule has 2 saturated heterocycles. The first-order valence-corrected chi connectivity index (χ1v) is 13.6. The van der Waals surface area contributed by atoms with E-state index in [0.29, 0.717) is 66.9 Å². The molecule has 1 aromatic carbocycles. The zero-order valence-corrected chi connectivity index (χ0v) is 21.9. The maximum absolute atomic E-state index is 14.1. The van der Waals surface area contributed by atoms with Crippen molar-refractivity contribution < 1.29 is 18.6 Å². The Bertz CT molecular complexity index is 1190. The van der Waals surface area contributed by atoms with Gasteiger partial charge in [-0.25, -0.2) is 13.8 Å². The number of nitrogens with zero attached hydrogens (tertiary/aromatic N) is 6. The normalized spacial score (nSPS) is 18.4. The minimum Gasteiger partial charge on any atom is -0.396 e. The molecule has 0 amide bonds. The van der Waals surface area contributed by atoms with Gasteiger partial charge in [0.2, 0.25) is 5.95 Å². The lowest BCUT2D eigenvalue weighted by molar-refractivity contribution is 0.111. The van der Waals surface area contributed by atoms with Gasteiger partial charge in [-0.2, -0.15) is 9.97 Å². The van der Waals surface area contributed by atoms with Crippen LogP contribution in [0, 0.1) is 5.92 Å². The average Bonchev–Trinajstić information content (AvgIpc) is 3.36. The molecule has 3 aromatic rings. The van der Waals surface area contributed by atoms with Gasteiger partial charge >= 0.3 is 0 Å². The van der Waals surface area contributed by atoms with Crippen molar-refractivity contribution >= 4 is 22.8 Å². The topological polar surface area (TPSA) is 91.6 Å². The molecule has 2 N–H and O–H groups in total. The number of rotatable bonds is 10. The molecule has 0 aliphatic carbocycles. The van der Waals surface area contributed by atoms with Crippen molar-refractivity contribution in [3.63, 3.8) is 0 Å². The molecule has 2 fully saturated rings. The third kappa shape index (κ3) is 5.89. The Balaban J connectivity index is 1.39. The Labute approximate surface area is 221 Å². The number of ether oxygens (including phenoxy) is 1. The maximum atomic E-state index is 14.1. The van der Waals surface area contributed by atoms with Gasteiger partial charge in [0.15, 0.2) is 5.82 Å². The smallest absolute Gasteiger partial charge is 0.296 e. The van der Waals surface area contributed by atoms with Crippen LogP contribution >= 0.6 is 0 Å². The van der Waals surface area contributed by atoms with Crippen molar-refractivity contribution in [3.05, 3.63) is 36.2 Å². The van der Waals surface area contributed by atoms with E-state index in [-0.39, 0.29) is 12.4 Å². The molecule has 0 bridgehead atoms. The molecule has 38 heavy (non-hydrogen) atoms. The van der Waals surface area contributed by atoms with Crippen molar-refractivity contribution in [1.29, 1.82) is 0 Å². The minimum atomic E-state index is -2.75. The first kappa shape index (κ1) is 26.7. The van der Waals surface area contributed by atoms with E-state index in [2.05, 4.69) is 22.1 Å². The molecule has 9 nitrogen and oxygen atoms in total. The summed E-state index contributed by atoms with van der Waals surface area (Å²) in [5.74, 6) is 1.63. The van der Waals surface area contributed by atoms with E-state index in [4.69, 9.17) is 14.7 Å². The van der Waals surface area contributed by atoms with Crippen LogP contribution in [-0.4, -0.2) is 88.1 Å². The van der Waals surface area contributed by atoms with Gasteiger partial charge in [0, 0.05) is 38.3 Å². The summed E-state index contributed by atoms with van der Waals surface area (Å²) in [6, 6.07) is 9.30. The molecule has 4 heterocycles. The van der Waals surface area contributed by atoms with Crippen LogP contribution in [0.1, 0.15) is 44.9 Å². The first-order valence-electron chi connectivity index (χ1n) is 13.6. The second kappa shape index (κ2) is 12.3. The summed E-state index contributed by atoms with van der Waals surface area (Å²) in [6.07, 6.45) is 1.23. The fraction of sp³-hybridized carbons (Fsp3) is 0.593. The lowest BCUT2D eigenvalue weighted by Crippen LogP contribution is -2.42. The highest BCUT2D eigenvalue weighted by molar-refractivity contribution is 5.78. The predicted octanol–water partition coefficient (Wildman–Crippen LogP) is 3.87. The average molecular weight is 530 g/mol. The molecule has 2 aliphatic rings. The Kier molecular flexibility index (Phi) is 8.65. The van der Waals surface area contributed by atoms with Crippen LogP contribution in [0.3, 0.4) is 0 Å². The monoisotopic (exact) mass is 529 g/mol. The Morgan fingerprint density at radius 1 is 1.08 bits per heavy atom. The highest BCUT2D eigenvalue weighted by atomic mass is 19.3. The zero-order valence-electron chi connectivity index (χ0n) is 21.9. The van der Waals surface area contributed by atoms with E-state index in [1.807, 2.05) is 11.0 Å². The second-order valence-corrected chi connectivity index (χ2v) is 10.0. The number of alkyl halides is 2. The van der Waals surface area contributed by atoms with E-state index in [1.54, 1.807) is 24.3 Å². The number of para-hydroxylation sites is 2. The molecule has 5 rings (SSSR count). The standard InChI is InChI=1S/C27H37F2N7O2/c1-2-20(9-14-37)34-10-7-19(8-11-34)18-30-23-17-24(33-27(32-23)35-12-15-38-16-13-35)36-22-6-4-3-5-21(22)31-26(36)25(28)29/h3-6,17,19-20,25,37H,2,7-16,18H2,1H3,(H,30,32,33). The molecule has 0 spiro atoms. The molecule has 11 heteroatoms. The van der Waals surface area contributed by atoms with Gasteiger partial charge in [-0.1, -0.05) is 19.1 Å². The fourth-order valence-corrected chi connectivity index (χ4v) is 5.53. The van der Waals surface area contributed by atoms with Gasteiger partial charge in [-0.3, -0.25) is 4.57 Å². The van der Waals surface area contributed by atoms with E-state index >= 15 is 0 Å². The molecule has 1 unspecified atom stereocenters. The minimum absolute atomic E-state index is 0.223. The van der Waals surface area contributed by atoms with Crippen LogP contribution in [-0.2, 0) is 4.74 Å². The quantitative estimate of drug-likeness (QED) is 0.409. The molecule has 1 atom stereocenters. The van der Waals surface area contributed by atoms with Gasteiger partial charge < -0.3 is 25.0 Å². The van der Waals surface area contributed by atoms with Crippen molar-refractivity contribution in [2.75, 3.05) is 62.8 Å². The third-order valence-corrected chi connectivity index (χ3v) is 7.68. The van der Waals surface area contributed by atoms with Crippen LogP contribution < -0.4 is 10.2 Å². The number of aliphatic hydroxyl groups excluding tert-OH is 1. The first-order chi connectivity index (χ1) is 18.6. The van der Waals surface area contributed by atoms with E-state index in [0.717, 1.165) is 45.3 Å². The number of anilines is 2. The van der Waals surface area contributed by atoms with E-state index < -0.39 is 6.43 Å². The number of benzene rings is 1. The number of halogens is 2. The molecule has 0 radical (unpaired) electrons. The SMILES string of the molecule is CCC(CCO)N1CCC(CNc2cc(-n3c(C(F)F)nc4ccccc43)nc(N3CCOCC3)n2)CC1. The number of aromatic nitrogens is 4. The van der Waals surface area contributed by atoms with Crippen LogP contribution in [0.4, 0.5) is 20.5 Å². The number of nitrogens with one attached hydrogen (secondary N) is 1. The van der Waals surface area contributed by atoms with Gasteiger partial charge in [-0.15, -0.1) is 0 Å². The number of likely N-dealkylation sites (tertiary alicyclic amines) is 1. The van der Waals surface area contributed by atoms with Crippen LogP contribution in [0.15, 0.2) is 30.3 Å². The van der Waals surface area contributed by atoms with Crippen LogP contribution in [0.25, 0.3) is 16.9 Å². The Morgan fingerprint density at radius 2 is 1.84 bits per heavy atom. The molecular formula is C27H37F2N7O2. The third-order valence-electron chi connectivity index (χ3n) is 7.68. The molecule has 0 saturated carbocycles. The molecular weight excluding hydrogens is 492 g/mol. The summed E-state index contributed by atoms with van der Waals surface area (Å²) < 4.78 is 35.1. The highest BCUT2D eigenvalue weighted by Gasteiger charge is 2.26. The Morgan fingerprint density at radius 3 is 2.55 bits per heavy atom. The summed E-state index contributed by atoms with van der Waals surface area (Å²) in [5, 5.41) is 12.9. The second-order valence-electron chi connectivity index (χ2n) is 10.0. The van der Waals surface area contributed by atoms with Gasteiger partial charge in [0.25, 0.3) is 6.43 Å². The van der Waals surface area contributed by atoms with E-state index in [9.17, 15) is 13.9 Å². The molecule has 2 aromatic heterocycles. The number of hydrogen-bond donors (Lipinski definition) is 2. The van der Waals surface area contributed by atoms with Crippen LogP contribution in [0.2, 0.25) is 0 Å². The summed E-state index contributed by atoms with van der Waals surface area (Å²) in [5.41, 5.74) is 1.09. The predicted molar refractivity (Wildman–Crippen MR) is 143 cm³/mol. The highest BCUT2D eigenvalue weighted by Crippen LogP contribution is 2.29.